The first kappa shape index (κ1) is 9.00. The number of hydrogen-bond acceptors (Lipinski definition) is 3. The number of halogens is 1. The number of hydrogen-bond donors (Lipinski definition) is 0. The lowest BCUT2D eigenvalue weighted by atomic mass is 10.2. The molecule has 1 aliphatic heterocycles. The van der Waals surface area contributed by atoms with E-state index in [4.69, 9.17) is 9.47 Å². The molecule has 0 radical (unpaired) electrons. The van der Waals surface area contributed by atoms with Crippen LogP contribution in [-0.4, -0.2) is 23.7 Å². The van der Waals surface area contributed by atoms with Gasteiger partial charge in [-0.3, -0.25) is 4.79 Å². The lowest BCUT2D eigenvalue weighted by molar-refractivity contribution is -0.181. The number of carbonyl (C=O) groups is 1. The number of alkyl halides is 1. The highest BCUT2D eigenvalue weighted by molar-refractivity contribution is 9.09. The second-order valence-electron chi connectivity index (χ2n) is 2.51. The van der Waals surface area contributed by atoms with Gasteiger partial charge in [0.25, 0.3) is 0 Å². The summed E-state index contributed by atoms with van der Waals surface area (Å²) in [5.74, 6) is -0.290. The Morgan fingerprint density at radius 2 is 2.45 bits per heavy atom. The summed E-state index contributed by atoms with van der Waals surface area (Å²) in [6.07, 6.45) is 1.63. The standard InChI is InChI=1S/C7H11BrO3/c1-5(9)11-7-6(8)3-2-4-10-7/h6-7H,2-4H2,1H3. The van der Waals surface area contributed by atoms with Crippen LogP contribution < -0.4 is 0 Å². The smallest absolute Gasteiger partial charge is 0.304 e. The lowest BCUT2D eigenvalue weighted by Crippen LogP contribution is -2.33. The topological polar surface area (TPSA) is 35.5 Å². The lowest BCUT2D eigenvalue weighted by Gasteiger charge is -2.26. The van der Waals surface area contributed by atoms with Crippen LogP contribution in [0.4, 0.5) is 0 Å². The van der Waals surface area contributed by atoms with Crippen LogP contribution in [0.1, 0.15) is 19.8 Å². The van der Waals surface area contributed by atoms with Crippen molar-refractivity contribution in [3.05, 3.63) is 0 Å². The highest BCUT2D eigenvalue weighted by Crippen LogP contribution is 2.21. The average molecular weight is 223 g/mol. The third kappa shape index (κ3) is 2.79. The number of carbonyl (C=O) groups excluding carboxylic acids is 1. The van der Waals surface area contributed by atoms with E-state index in [0.29, 0.717) is 6.61 Å². The Balaban J connectivity index is 2.35. The van der Waals surface area contributed by atoms with Crippen molar-refractivity contribution in [1.29, 1.82) is 0 Å². The van der Waals surface area contributed by atoms with Crippen molar-refractivity contribution in [3.8, 4) is 0 Å². The molecule has 64 valence electrons. The van der Waals surface area contributed by atoms with Crippen LogP contribution in [0.25, 0.3) is 0 Å². The quantitative estimate of drug-likeness (QED) is 0.498. The van der Waals surface area contributed by atoms with Gasteiger partial charge in [0.05, 0.1) is 11.4 Å². The fourth-order valence-electron chi connectivity index (χ4n) is 0.990. The van der Waals surface area contributed by atoms with Gasteiger partial charge in [0, 0.05) is 6.92 Å². The zero-order chi connectivity index (χ0) is 8.27. The summed E-state index contributed by atoms with van der Waals surface area (Å²) in [6, 6.07) is 0. The first-order chi connectivity index (χ1) is 5.20. The largest absolute Gasteiger partial charge is 0.435 e. The van der Waals surface area contributed by atoms with Gasteiger partial charge in [-0.15, -0.1) is 0 Å². The third-order valence-electron chi connectivity index (χ3n) is 1.48. The van der Waals surface area contributed by atoms with E-state index >= 15 is 0 Å². The Morgan fingerprint density at radius 3 is 3.00 bits per heavy atom. The van der Waals surface area contributed by atoms with E-state index < -0.39 is 0 Å². The summed E-state index contributed by atoms with van der Waals surface area (Å²) in [4.78, 5) is 10.7. The maximum absolute atomic E-state index is 10.5. The average Bonchev–Trinajstić information content (AvgIpc) is 1.93. The molecule has 11 heavy (non-hydrogen) atoms. The second kappa shape index (κ2) is 4.07. The first-order valence-corrected chi connectivity index (χ1v) is 4.54. The van der Waals surface area contributed by atoms with Crippen LogP contribution in [0, 0.1) is 0 Å². The molecular formula is C7H11BrO3. The molecule has 0 N–H and O–H groups in total. The van der Waals surface area contributed by atoms with Crippen molar-refractivity contribution < 1.29 is 14.3 Å². The molecule has 0 aliphatic carbocycles. The molecule has 0 aromatic rings. The van der Waals surface area contributed by atoms with Crippen molar-refractivity contribution in [3.63, 3.8) is 0 Å². The summed E-state index contributed by atoms with van der Waals surface area (Å²) in [5.41, 5.74) is 0. The zero-order valence-corrected chi connectivity index (χ0v) is 7.96. The van der Waals surface area contributed by atoms with Crippen LogP contribution in [0.2, 0.25) is 0 Å². The first-order valence-electron chi connectivity index (χ1n) is 3.63. The van der Waals surface area contributed by atoms with E-state index in [0.717, 1.165) is 12.8 Å². The summed E-state index contributed by atoms with van der Waals surface area (Å²) in [7, 11) is 0. The maximum atomic E-state index is 10.5. The summed E-state index contributed by atoms with van der Waals surface area (Å²) in [6.45, 7) is 2.07. The zero-order valence-electron chi connectivity index (χ0n) is 6.38. The van der Waals surface area contributed by atoms with Crippen molar-refractivity contribution in [2.75, 3.05) is 6.61 Å². The fraction of sp³-hybridized carbons (Fsp3) is 0.857. The third-order valence-corrected chi connectivity index (χ3v) is 2.37. The van der Waals surface area contributed by atoms with E-state index in [1.165, 1.54) is 6.92 Å². The van der Waals surface area contributed by atoms with Crippen LogP contribution >= 0.6 is 15.9 Å². The van der Waals surface area contributed by atoms with Gasteiger partial charge in [0.15, 0.2) is 0 Å². The molecule has 0 aromatic carbocycles. The van der Waals surface area contributed by atoms with Crippen LogP contribution in [-0.2, 0) is 14.3 Å². The van der Waals surface area contributed by atoms with Gasteiger partial charge in [-0.1, -0.05) is 15.9 Å². The summed E-state index contributed by atoms with van der Waals surface area (Å²) < 4.78 is 10.1. The Morgan fingerprint density at radius 1 is 1.73 bits per heavy atom. The normalized spacial score (nSPS) is 31.5. The van der Waals surface area contributed by atoms with E-state index in [1.54, 1.807) is 0 Å². The molecule has 1 fully saturated rings. The molecule has 0 aromatic heterocycles. The molecule has 1 aliphatic rings. The number of rotatable bonds is 1. The minimum Gasteiger partial charge on any atom is -0.435 e. The molecule has 3 nitrogen and oxygen atoms in total. The molecule has 1 saturated heterocycles. The van der Waals surface area contributed by atoms with Gasteiger partial charge in [-0.05, 0) is 12.8 Å². The van der Waals surface area contributed by atoms with Crippen molar-refractivity contribution >= 4 is 21.9 Å². The molecular weight excluding hydrogens is 212 g/mol. The minimum atomic E-state index is -0.388. The van der Waals surface area contributed by atoms with Crippen molar-refractivity contribution in [1.82, 2.24) is 0 Å². The Kier molecular flexibility index (Phi) is 3.33. The molecule has 0 bridgehead atoms. The van der Waals surface area contributed by atoms with Gasteiger partial charge in [-0.2, -0.15) is 0 Å². The van der Waals surface area contributed by atoms with Crippen LogP contribution in [0.5, 0.6) is 0 Å². The van der Waals surface area contributed by atoms with Crippen LogP contribution in [0.15, 0.2) is 0 Å². The van der Waals surface area contributed by atoms with Crippen molar-refractivity contribution in [2.24, 2.45) is 0 Å². The number of esters is 1. The molecule has 2 atom stereocenters. The molecule has 0 spiro atoms. The monoisotopic (exact) mass is 222 g/mol. The summed E-state index contributed by atoms with van der Waals surface area (Å²) in [5, 5.41) is 0. The second-order valence-corrected chi connectivity index (χ2v) is 3.68. The SMILES string of the molecule is CC(=O)OC1OCCCC1Br. The Hall–Kier alpha value is -0.0900. The molecule has 1 heterocycles. The van der Waals surface area contributed by atoms with E-state index in [2.05, 4.69) is 15.9 Å². The van der Waals surface area contributed by atoms with Crippen molar-refractivity contribution in [2.45, 2.75) is 30.9 Å². The molecule has 4 heteroatoms. The van der Waals surface area contributed by atoms with Gasteiger partial charge in [-0.25, -0.2) is 0 Å². The minimum absolute atomic E-state index is 0.153. The van der Waals surface area contributed by atoms with E-state index in [9.17, 15) is 4.79 Å². The maximum Gasteiger partial charge on any atom is 0.304 e. The van der Waals surface area contributed by atoms with Crippen LogP contribution in [0.3, 0.4) is 0 Å². The van der Waals surface area contributed by atoms with Gasteiger partial charge < -0.3 is 9.47 Å². The fourth-order valence-corrected chi connectivity index (χ4v) is 1.57. The predicted octanol–water partition coefficient (Wildman–Crippen LogP) is 1.45. The molecule has 0 saturated carbocycles. The Labute approximate surface area is 74.2 Å². The highest BCUT2D eigenvalue weighted by atomic mass is 79.9. The molecule has 0 amide bonds. The molecule has 1 rings (SSSR count). The van der Waals surface area contributed by atoms with E-state index in [-0.39, 0.29) is 17.1 Å². The Bertz CT molecular complexity index is 149. The summed E-state index contributed by atoms with van der Waals surface area (Å²) >= 11 is 3.38. The number of ether oxygens (including phenoxy) is 2. The van der Waals surface area contributed by atoms with Gasteiger partial charge in [0.2, 0.25) is 6.29 Å². The predicted molar refractivity (Wildman–Crippen MR) is 43.5 cm³/mol. The van der Waals surface area contributed by atoms with Gasteiger partial charge >= 0.3 is 5.97 Å². The van der Waals surface area contributed by atoms with E-state index in [1.807, 2.05) is 0 Å². The molecule has 2 unspecified atom stereocenters. The highest BCUT2D eigenvalue weighted by Gasteiger charge is 2.25. The van der Waals surface area contributed by atoms with Gasteiger partial charge in [0.1, 0.15) is 0 Å².